The van der Waals surface area contributed by atoms with Crippen molar-refractivity contribution >= 4 is 5.82 Å². The Morgan fingerprint density at radius 3 is 2.41 bits per heavy atom. The molecule has 0 aromatic carbocycles. The number of hydrogen-bond acceptors (Lipinski definition) is 4. The standard InChI is InChI=1S/C11H14F2N4/c1-10(12,13)8-2-16-9(3-15-8)17-6-11(7-17)4-14-5-11/h2-3,14H,4-7H2,1H3. The molecule has 0 aliphatic carbocycles. The highest BCUT2D eigenvalue weighted by molar-refractivity contribution is 5.42. The molecule has 2 aliphatic heterocycles. The van der Waals surface area contributed by atoms with Gasteiger partial charge in [0, 0.05) is 38.5 Å². The van der Waals surface area contributed by atoms with Crippen LogP contribution in [0.25, 0.3) is 0 Å². The van der Waals surface area contributed by atoms with Crippen molar-refractivity contribution in [3.8, 4) is 0 Å². The number of rotatable bonds is 2. The van der Waals surface area contributed by atoms with Crippen molar-refractivity contribution in [2.45, 2.75) is 12.8 Å². The molecule has 0 radical (unpaired) electrons. The number of nitrogens with one attached hydrogen (secondary N) is 1. The molecular weight excluding hydrogens is 226 g/mol. The highest BCUT2D eigenvalue weighted by Gasteiger charge is 2.48. The Morgan fingerprint density at radius 2 is 2.00 bits per heavy atom. The highest BCUT2D eigenvalue weighted by atomic mass is 19.3. The Balaban J connectivity index is 1.69. The van der Waals surface area contributed by atoms with E-state index in [2.05, 4.69) is 20.2 Å². The van der Waals surface area contributed by atoms with Crippen LogP contribution in [0.5, 0.6) is 0 Å². The van der Waals surface area contributed by atoms with Crippen LogP contribution >= 0.6 is 0 Å². The Labute approximate surface area is 98.1 Å². The first-order valence-corrected chi connectivity index (χ1v) is 5.65. The van der Waals surface area contributed by atoms with Gasteiger partial charge in [0.2, 0.25) is 0 Å². The Bertz CT molecular complexity index is 414. The van der Waals surface area contributed by atoms with E-state index < -0.39 is 5.92 Å². The molecule has 0 unspecified atom stereocenters. The van der Waals surface area contributed by atoms with Crippen LogP contribution in [-0.2, 0) is 5.92 Å². The summed E-state index contributed by atoms with van der Waals surface area (Å²) in [6, 6.07) is 0. The van der Waals surface area contributed by atoms with Crippen molar-refractivity contribution in [3.63, 3.8) is 0 Å². The number of aromatic nitrogens is 2. The van der Waals surface area contributed by atoms with Crippen LogP contribution in [0.4, 0.5) is 14.6 Å². The first-order valence-electron chi connectivity index (χ1n) is 5.65. The Morgan fingerprint density at radius 1 is 1.29 bits per heavy atom. The molecule has 2 aliphatic rings. The third-order valence-corrected chi connectivity index (χ3v) is 3.46. The molecule has 4 nitrogen and oxygen atoms in total. The van der Waals surface area contributed by atoms with Crippen molar-refractivity contribution in [2.24, 2.45) is 5.41 Å². The summed E-state index contributed by atoms with van der Waals surface area (Å²) in [6.07, 6.45) is 2.60. The molecule has 1 spiro atoms. The van der Waals surface area contributed by atoms with Crippen molar-refractivity contribution in [2.75, 3.05) is 31.1 Å². The fourth-order valence-electron chi connectivity index (χ4n) is 2.34. The summed E-state index contributed by atoms with van der Waals surface area (Å²) in [4.78, 5) is 9.90. The Kier molecular flexibility index (Phi) is 2.13. The SMILES string of the molecule is CC(F)(F)c1cnc(N2CC3(CNC3)C2)cn1. The smallest absolute Gasteiger partial charge is 0.288 e. The van der Waals surface area contributed by atoms with E-state index in [1.54, 1.807) is 0 Å². The highest BCUT2D eigenvalue weighted by Crippen LogP contribution is 2.36. The third-order valence-electron chi connectivity index (χ3n) is 3.46. The average molecular weight is 240 g/mol. The maximum atomic E-state index is 12.9. The molecule has 2 fully saturated rings. The zero-order valence-electron chi connectivity index (χ0n) is 9.58. The van der Waals surface area contributed by atoms with Crippen LogP contribution in [0.3, 0.4) is 0 Å². The summed E-state index contributed by atoms with van der Waals surface area (Å²) in [5.41, 5.74) is 0.122. The molecule has 2 saturated heterocycles. The molecule has 0 atom stereocenters. The van der Waals surface area contributed by atoms with Gasteiger partial charge in [-0.15, -0.1) is 0 Å². The fraction of sp³-hybridized carbons (Fsp3) is 0.636. The van der Waals surface area contributed by atoms with Gasteiger partial charge in [-0.25, -0.2) is 9.97 Å². The molecule has 6 heteroatoms. The average Bonchev–Trinajstić information content (AvgIpc) is 2.12. The minimum absolute atomic E-state index is 0.276. The third kappa shape index (κ3) is 1.76. The van der Waals surface area contributed by atoms with Crippen molar-refractivity contribution in [1.82, 2.24) is 15.3 Å². The molecule has 1 aromatic rings. The van der Waals surface area contributed by atoms with E-state index in [0.717, 1.165) is 33.1 Å². The molecule has 17 heavy (non-hydrogen) atoms. The maximum Gasteiger partial charge on any atom is 0.288 e. The lowest BCUT2D eigenvalue weighted by Gasteiger charge is -2.56. The molecule has 3 rings (SSSR count). The van der Waals surface area contributed by atoms with E-state index in [1.165, 1.54) is 12.4 Å². The van der Waals surface area contributed by atoms with Gasteiger partial charge in [-0.1, -0.05) is 0 Å². The molecule has 0 saturated carbocycles. The van der Waals surface area contributed by atoms with E-state index in [4.69, 9.17) is 0 Å². The zero-order valence-corrected chi connectivity index (χ0v) is 9.58. The van der Waals surface area contributed by atoms with Crippen LogP contribution in [-0.4, -0.2) is 36.1 Å². The molecule has 92 valence electrons. The van der Waals surface area contributed by atoms with Crippen molar-refractivity contribution < 1.29 is 8.78 Å². The number of halogens is 2. The summed E-state index contributed by atoms with van der Waals surface area (Å²) >= 11 is 0. The van der Waals surface area contributed by atoms with Gasteiger partial charge in [-0.2, -0.15) is 8.78 Å². The monoisotopic (exact) mass is 240 g/mol. The number of nitrogens with zero attached hydrogens (tertiary/aromatic N) is 3. The van der Waals surface area contributed by atoms with Gasteiger partial charge < -0.3 is 10.2 Å². The number of hydrogen-bond donors (Lipinski definition) is 1. The maximum absolute atomic E-state index is 12.9. The van der Waals surface area contributed by atoms with Crippen molar-refractivity contribution in [1.29, 1.82) is 0 Å². The first kappa shape index (κ1) is 10.8. The topological polar surface area (TPSA) is 41.1 Å². The number of anilines is 1. The second-order valence-electron chi connectivity index (χ2n) is 5.11. The summed E-state index contributed by atoms with van der Waals surface area (Å²) in [7, 11) is 0. The zero-order chi connectivity index (χ0) is 12.1. The van der Waals surface area contributed by atoms with E-state index >= 15 is 0 Å². The van der Waals surface area contributed by atoms with E-state index in [-0.39, 0.29) is 5.69 Å². The van der Waals surface area contributed by atoms with Crippen molar-refractivity contribution in [3.05, 3.63) is 18.1 Å². The number of alkyl halides is 2. The molecule has 1 aromatic heterocycles. The largest absolute Gasteiger partial charge is 0.354 e. The fourth-order valence-corrected chi connectivity index (χ4v) is 2.34. The minimum Gasteiger partial charge on any atom is -0.354 e. The summed E-state index contributed by atoms with van der Waals surface area (Å²) in [5, 5.41) is 3.24. The van der Waals surface area contributed by atoms with Crippen LogP contribution in [0.15, 0.2) is 12.4 Å². The van der Waals surface area contributed by atoms with Crippen LogP contribution < -0.4 is 10.2 Å². The second kappa shape index (κ2) is 3.35. The van der Waals surface area contributed by atoms with Crippen LogP contribution in [0.2, 0.25) is 0 Å². The van der Waals surface area contributed by atoms with Gasteiger partial charge in [0.25, 0.3) is 5.92 Å². The predicted octanol–water partition coefficient (Wildman–Crippen LogP) is 0.998. The molecule has 1 N–H and O–H groups in total. The lowest BCUT2D eigenvalue weighted by atomic mass is 9.74. The van der Waals surface area contributed by atoms with Crippen LogP contribution in [0, 0.1) is 5.41 Å². The summed E-state index contributed by atoms with van der Waals surface area (Å²) < 4.78 is 25.9. The predicted molar refractivity (Wildman–Crippen MR) is 59.1 cm³/mol. The van der Waals surface area contributed by atoms with Crippen LogP contribution in [0.1, 0.15) is 12.6 Å². The lowest BCUT2D eigenvalue weighted by Crippen LogP contribution is -2.71. The molecule has 0 amide bonds. The normalized spacial score (nSPS) is 22.2. The summed E-state index contributed by atoms with van der Waals surface area (Å²) in [5.74, 6) is -2.23. The van der Waals surface area contributed by atoms with E-state index in [0.29, 0.717) is 11.2 Å². The molecule has 0 bridgehead atoms. The van der Waals surface area contributed by atoms with Gasteiger partial charge >= 0.3 is 0 Å². The van der Waals surface area contributed by atoms with Gasteiger partial charge in [0.15, 0.2) is 0 Å². The molecular formula is C11H14F2N4. The second-order valence-corrected chi connectivity index (χ2v) is 5.11. The van der Waals surface area contributed by atoms with Gasteiger partial charge in [0.05, 0.1) is 12.4 Å². The van der Waals surface area contributed by atoms with Gasteiger partial charge in [-0.05, 0) is 0 Å². The first-order chi connectivity index (χ1) is 7.99. The van der Waals surface area contributed by atoms with E-state index in [1.807, 2.05) is 0 Å². The summed E-state index contributed by atoms with van der Waals surface area (Å²) in [6.45, 7) is 4.80. The Hall–Kier alpha value is -1.30. The van der Waals surface area contributed by atoms with Gasteiger partial charge in [-0.3, -0.25) is 0 Å². The van der Waals surface area contributed by atoms with Gasteiger partial charge in [0.1, 0.15) is 11.5 Å². The minimum atomic E-state index is -2.92. The molecule has 3 heterocycles. The van der Waals surface area contributed by atoms with E-state index in [9.17, 15) is 8.78 Å². The lowest BCUT2D eigenvalue weighted by molar-refractivity contribution is 0.0123. The quantitative estimate of drug-likeness (QED) is 0.837.